The SMILES string of the molecule is O=C(NCc1ccc(C(F)(F)F)cc1)c1cccnc1F. The fraction of sp³-hybridized carbons (Fsp3) is 0.143. The Bertz CT molecular complexity index is 638. The lowest BCUT2D eigenvalue weighted by Crippen LogP contribution is -2.24. The molecule has 110 valence electrons. The zero-order chi connectivity index (χ0) is 15.5. The molecule has 0 fully saturated rings. The van der Waals surface area contributed by atoms with Crippen LogP contribution in [0.25, 0.3) is 0 Å². The number of benzene rings is 1. The van der Waals surface area contributed by atoms with Gasteiger partial charge in [-0.15, -0.1) is 0 Å². The summed E-state index contributed by atoms with van der Waals surface area (Å²) in [5, 5.41) is 2.41. The van der Waals surface area contributed by atoms with Crippen LogP contribution in [-0.4, -0.2) is 10.9 Å². The highest BCUT2D eigenvalue weighted by Crippen LogP contribution is 2.29. The molecule has 7 heteroatoms. The van der Waals surface area contributed by atoms with Crippen LogP contribution < -0.4 is 5.32 Å². The minimum absolute atomic E-state index is 0.00863. The Balaban J connectivity index is 2.00. The molecule has 0 unspecified atom stereocenters. The van der Waals surface area contributed by atoms with Crippen LogP contribution in [0.5, 0.6) is 0 Å². The number of rotatable bonds is 3. The second-order valence-electron chi connectivity index (χ2n) is 4.22. The highest BCUT2D eigenvalue weighted by atomic mass is 19.4. The lowest BCUT2D eigenvalue weighted by Gasteiger charge is -2.08. The third-order valence-corrected chi connectivity index (χ3v) is 2.74. The van der Waals surface area contributed by atoms with Gasteiger partial charge in [0, 0.05) is 12.7 Å². The number of nitrogens with zero attached hydrogens (tertiary/aromatic N) is 1. The summed E-state index contributed by atoms with van der Waals surface area (Å²) in [4.78, 5) is 15.0. The lowest BCUT2D eigenvalue weighted by molar-refractivity contribution is -0.137. The van der Waals surface area contributed by atoms with Crippen molar-refractivity contribution in [3.63, 3.8) is 0 Å². The maximum Gasteiger partial charge on any atom is 0.416 e. The fourth-order valence-corrected chi connectivity index (χ4v) is 1.64. The molecule has 0 saturated heterocycles. The zero-order valence-corrected chi connectivity index (χ0v) is 10.6. The Morgan fingerprint density at radius 2 is 1.81 bits per heavy atom. The second kappa shape index (κ2) is 5.90. The number of nitrogens with one attached hydrogen (secondary N) is 1. The molecule has 0 radical (unpaired) electrons. The van der Waals surface area contributed by atoms with Gasteiger partial charge < -0.3 is 5.32 Å². The molecule has 21 heavy (non-hydrogen) atoms. The number of pyridine rings is 1. The van der Waals surface area contributed by atoms with Crippen molar-refractivity contribution in [2.24, 2.45) is 0 Å². The topological polar surface area (TPSA) is 42.0 Å². The molecular weight excluding hydrogens is 288 g/mol. The van der Waals surface area contributed by atoms with Gasteiger partial charge in [0.15, 0.2) is 0 Å². The number of alkyl halides is 3. The van der Waals surface area contributed by atoms with E-state index in [1.807, 2.05) is 0 Å². The van der Waals surface area contributed by atoms with Crippen molar-refractivity contribution in [3.05, 3.63) is 65.2 Å². The van der Waals surface area contributed by atoms with Gasteiger partial charge in [0.05, 0.1) is 11.1 Å². The van der Waals surface area contributed by atoms with Gasteiger partial charge in [0.1, 0.15) is 0 Å². The maximum atomic E-state index is 13.3. The first-order valence-electron chi connectivity index (χ1n) is 5.93. The van der Waals surface area contributed by atoms with Crippen molar-refractivity contribution < 1.29 is 22.4 Å². The smallest absolute Gasteiger partial charge is 0.348 e. The molecule has 1 amide bonds. The number of carbonyl (C=O) groups excluding carboxylic acids is 1. The van der Waals surface area contributed by atoms with Crippen molar-refractivity contribution in [2.45, 2.75) is 12.7 Å². The van der Waals surface area contributed by atoms with E-state index in [4.69, 9.17) is 0 Å². The van der Waals surface area contributed by atoms with Gasteiger partial charge >= 0.3 is 6.18 Å². The van der Waals surface area contributed by atoms with E-state index in [0.717, 1.165) is 12.1 Å². The molecule has 3 nitrogen and oxygen atoms in total. The molecule has 0 bridgehead atoms. The summed E-state index contributed by atoms with van der Waals surface area (Å²) >= 11 is 0. The molecule has 0 atom stereocenters. The Hall–Kier alpha value is -2.44. The Morgan fingerprint density at radius 1 is 1.14 bits per heavy atom. The van der Waals surface area contributed by atoms with Crippen molar-refractivity contribution in [3.8, 4) is 0 Å². The van der Waals surface area contributed by atoms with E-state index < -0.39 is 23.6 Å². The van der Waals surface area contributed by atoms with Crippen molar-refractivity contribution in [2.75, 3.05) is 0 Å². The van der Waals surface area contributed by atoms with Crippen molar-refractivity contribution >= 4 is 5.91 Å². The van der Waals surface area contributed by atoms with Crippen LogP contribution in [0.4, 0.5) is 17.6 Å². The standard InChI is InChI=1S/C14H10F4N2O/c15-12-11(2-1-7-19-12)13(21)20-8-9-3-5-10(6-4-9)14(16,17)18/h1-7H,8H2,(H,20,21). The van der Waals surface area contributed by atoms with Crippen molar-refractivity contribution in [1.82, 2.24) is 10.3 Å². The molecule has 2 rings (SSSR count). The van der Waals surface area contributed by atoms with Gasteiger partial charge in [-0.1, -0.05) is 12.1 Å². The van der Waals surface area contributed by atoms with E-state index in [0.29, 0.717) is 5.56 Å². The van der Waals surface area contributed by atoms with Crippen LogP contribution >= 0.6 is 0 Å². The highest BCUT2D eigenvalue weighted by molar-refractivity contribution is 5.94. The van der Waals surface area contributed by atoms with Gasteiger partial charge in [-0.25, -0.2) is 4.98 Å². The minimum Gasteiger partial charge on any atom is -0.348 e. The predicted molar refractivity (Wildman–Crippen MR) is 66.8 cm³/mol. The number of amides is 1. The molecule has 0 aliphatic heterocycles. The predicted octanol–water partition coefficient (Wildman–Crippen LogP) is 3.17. The Labute approximate surface area is 117 Å². The van der Waals surface area contributed by atoms with E-state index in [1.54, 1.807) is 0 Å². The van der Waals surface area contributed by atoms with E-state index in [1.165, 1.54) is 30.5 Å². The van der Waals surface area contributed by atoms with Crippen molar-refractivity contribution in [1.29, 1.82) is 0 Å². The summed E-state index contributed by atoms with van der Waals surface area (Å²) in [6, 6.07) is 7.03. The molecule has 0 aliphatic rings. The van der Waals surface area contributed by atoms with Gasteiger partial charge in [0.2, 0.25) is 5.95 Å². The van der Waals surface area contributed by atoms with Gasteiger partial charge in [-0.3, -0.25) is 4.79 Å². The quantitative estimate of drug-likeness (QED) is 0.698. The first kappa shape index (κ1) is 15.0. The van der Waals surface area contributed by atoms with E-state index >= 15 is 0 Å². The maximum absolute atomic E-state index is 13.3. The first-order valence-corrected chi connectivity index (χ1v) is 5.93. The summed E-state index contributed by atoms with van der Waals surface area (Å²) in [5.74, 6) is -1.58. The number of hydrogen-bond acceptors (Lipinski definition) is 2. The lowest BCUT2D eigenvalue weighted by atomic mass is 10.1. The molecule has 1 aromatic carbocycles. The summed E-state index contributed by atoms with van der Waals surface area (Å²) in [6.07, 6.45) is -3.19. The normalized spacial score (nSPS) is 11.2. The van der Waals surface area contributed by atoms with Crippen LogP contribution in [0, 0.1) is 5.95 Å². The van der Waals surface area contributed by atoms with Gasteiger partial charge in [-0.2, -0.15) is 17.6 Å². The molecule has 0 spiro atoms. The number of halogens is 4. The van der Waals surface area contributed by atoms with Gasteiger partial charge in [0.25, 0.3) is 5.91 Å². The van der Waals surface area contributed by atoms with E-state index in [2.05, 4.69) is 10.3 Å². The zero-order valence-electron chi connectivity index (χ0n) is 10.6. The van der Waals surface area contributed by atoms with Gasteiger partial charge in [-0.05, 0) is 29.8 Å². The third kappa shape index (κ3) is 3.77. The average Bonchev–Trinajstić information content (AvgIpc) is 2.45. The first-order chi connectivity index (χ1) is 9.88. The van der Waals surface area contributed by atoms with E-state index in [-0.39, 0.29) is 12.1 Å². The Kier molecular flexibility index (Phi) is 4.21. The summed E-state index contributed by atoms with van der Waals surface area (Å²) in [5.41, 5.74) is -0.513. The van der Waals surface area contributed by atoms with Crippen LogP contribution in [-0.2, 0) is 12.7 Å². The molecule has 1 heterocycles. The molecular formula is C14H10F4N2O. The average molecular weight is 298 g/mol. The number of aromatic nitrogens is 1. The number of carbonyl (C=O) groups is 1. The minimum atomic E-state index is -4.40. The molecule has 1 N–H and O–H groups in total. The Morgan fingerprint density at radius 3 is 2.38 bits per heavy atom. The van der Waals surface area contributed by atoms with E-state index in [9.17, 15) is 22.4 Å². The summed E-state index contributed by atoms with van der Waals surface area (Å²) in [7, 11) is 0. The largest absolute Gasteiger partial charge is 0.416 e. The highest BCUT2D eigenvalue weighted by Gasteiger charge is 2.29. The summed E-state index contributed by atoms with van der Waals surface area (Å²) < 4.78 is 50.4. The van der Waals surface area contributed by atoms with Crippen LogP contribution in [0.1, 0.15) is 21.5 Å². The molecule has 2 aromatic rings. The molecule has 0 saturated carbocycles. The van der Waals surface area contributed by atoms with Crippen LogP contribution in [0.2, 0.25) is 0 Å². The molecule has 1 aromatic heterocycles. The fourth-order valence-electron chi connectivity index (χ4n) is 1.64. The summed E-state index contributed by atoms with van der Waals surface area (Å²) in [6.45, 7) is -0.00863. The third-order valence-electron chi connectivity index (χ3n) is 2.74. The molecule has 0 aliphatic carbocycles. The van der Waals surface area contributed by atoms with Crippen LogP contribution in [0.3, 0.4) is 0 Å². The number of hydrogen-bond donors (Lipinski definition) is 1. The van der Waals surface area contributed by atoms with Crippen LogP contribution in [0.15, 0.2) is 42.6 Å². The monoisotopic (exact) mass is 298 g/mol. The second-order valence-corrected chi connectivity index (χ2v) is 4.22.